The summed E-state index contributed by atoms with van der Waals surface area (Å²) in [6, 6.07) is 0. The first-order valence-electron chi connectivity index (χ1n) is 3.85. The molecule has 1 aliphatic rings. The third-order valence-corrected chi connectivity index (χ3v) is 1.46. The molecule has 0 atom stereocenters. The Bertz CT molecular complexity index is 131. The Morgan fingerprint density at radius 1 is 0.900 bits per heavy atom. The van der Waals surface area contributed by atoms with Crippen LogP contribution in [-0.4, -0.2) is 0 Å². The van der Waals surface area contributed by atoms with E-state index < -0.39 is 0 Å². The van der Waals surface area contributed by atoms with E-state index in [1.807, 2.05) is 0 Å². The predicted octanol–water partition coefficient (Wildman–Crippen LogP) is 3.03. The molecule has 1 radical (unpaired) electrons. The summed E-state index contributed by atoms with van der Waals surface area (Å²) in [7, 11) is 0. The van der Waals surface area contributed by atoms with Gasteiger partial charge in [-0.25, -0.2) is 0 Å². The van der Waals surface area contributed by atoms with Gasteiger partial charge in [0.15, 0.2) is 0 Å². The number of rotatable bonds is 0. The summed E-state index contributed by atoms with van der Waals surface area (Å²) in [6.45, 7) is 0. The fraction of sp³-hybridized carbons (Fsp3) is 0.400. The van der Waals surface area contributed by atoms with Gasteiger partial charge in [-0.2, -0.15) is 0 Å². The summed E-state index contributed by atoms with van der Waals surface area (Å²) in [4.78, 5) is 0. The first-order chi connectivity index (χ1) is 5.00. The lowest BCUT2D eigenvalue weighted by Gasteiger charge is -1.89. The molecule has 0 aromatic heterocycles. The lowest BCUT2D eigenvalue weighted by molar-refractivity contribution is 1.02. The van der Waals surface area contributed by atoms with Crippen molar-refractivity contribution in [2.24, 2.45) is 0 Å². The molecular weight excluding hydrogens is 120 g/mol. The van der Waals surface area contributed by atoms with Gasteiger partial charge in [0, 0.05) is 0 Å². The zero-order chi connectivity index (χ0) is 7.07. The number of allylic oxidation sites excluding steroid dienone is 6. The van der Waals surface area contributed by atoms with Gasteiger partial charge in [0.05, 0.1) is 0 Å². The topological polar surface area (TPSA) is 0 Å². The summed E-state index contributed by atoms with van der Waals surface area (Å²) in [5.74, 6) is 0. The van der Waals surface area contributed by atoms with Gasteiger partial charge in [-0.1, -0.05) is 30.4 Å². The molecule has 0 aromatic carbocycles. The van der Waals surface area contributed by atoms with E-state index in [2.05, 4.69) is 36.5 Å². The van der Waals surface area contributed by atoms with Crippen molar-refractivity contribution in [3.63, 3.8) is 0 Å². The first kappa shape index (κ1) is 7.33. The largest absolute Gasteiger partial charge is 0.0879 e. The maximum Gasteiger partial charge on any atom is -0.00978 e. The van der Waals surface area contributed by atoms with E-state index in [0.717, 1.165) is 19.3 Å². The van der Waals surface area contributed by atoms with E-state index >= 15 is 0 Å². The van der Waals surface area contributed by atoms with Crippen LogP contribution in [0.15, 0.2) is 30.4 Å². The van der Waals surface area contributed by atoms with Crippen molar-refractivity contribution >= 4 is 0 Å². The second-order valence-electron chi connectivity index (χ2n) is 2.37. The molecule has 1 rings (SSSR count). The van der Waals surface area contributed by atoms with Crippen molar-refractivity contribution in [1.82, 2.24) is 0 Å². The molecule has 0 spiro atoms. The van der Waals surface area contributed by atoms with Gasteiger partial charge in [-0.3, -0.25) is 0 Å². The SMILES string of the molecule is [C]1=C\CC/C=C\C/C=C/C/1. The minimum atomic E-state index is 0.980. The molecule has 0 bridgehead atoms. The fourth-order valence-corrected chi connectivity index (χ4v) is 0.905. The molecule has 0 aliphatic heterocycles. The first-order valence-corrected chi connectivity index (χ1v) is 3.85. The molecule has 0 amide bonds. The second kappa shape index (κ2) is 5.04. The van der Waals surface area contributed by atoms with Crippen LogP contribution in [0, 0.1) is 6.08 Å². The van der Waals surface area contributed by atoms with Crippen LogP contribution in [0.1, 0.15) is 25.7 Å². The molecule has 10 heavy (non-hydrogen) atoms. The highest BCUT2D eigenvalue weighted by atomic mass is 13.9. The Morgan fingerprint density at radius 2 is 1.80 bits per heavy atom. The Morgan fingerprint density at radius 3 is 2.80 bits per heavy atom. The average Bonchev–Trinajstić information content (AvgIpc) is 2.01. The molecule has 0 N–H and O–H groups in total. The van der Waals surface area contributed by atoms with Crippen LogP contribution in [0.2, 0.25) is 0 Å². The Hall–Kier alpha value is -0.780. The molecular formula is C10H13. The quantitative estimate of drug-likeness (QED) is 0.445. The lowest BCUT2D eigenvalue weighted by Crippen LogP contribution is -1.69. The Balaban J connectivity index is 2.38. The van der Waals surface area contributed by atoms with Crippen LogP contribution in [0.25, 0.3) is 0 Å². The van der Waals surface area contributed by atoms with Crippen LogP contribution in [0.5, 0.6) is 0 Å². The summed E-state index contributed by atoms with van der Waals surface area (Å²) < 4.78 is 0. The lowest BCUT2D eigenvalue weighted by atomic mass is 10.2. The standard InChI is InChI=1S/C10H13/c1-2-4-6-8-10-9-7-5-3-1/h1-2,5,7-8H,3-4,6,9H2/b2-1-,7-5+,10-8?. The molecule has 0 fully saturated rings. The average molecular weight is 133 g/mol. The Labute approximate surface area is 62.9 Å². The molecule has 0 unspecified atom stereocenters. The van der Waals surface area contributed by atoms with Crippen LogP contribution in [0.4, 0.5) is 0 Å². The normalized spacial score (nSPS) is 28.8. The molecule has 1 aliphatic carbocycles. The smallest absolute Gasteiger partial charge is 0.00978 e. The molecule has 0 saturated heterocycles. The van der Waals surface area contributed by atoms with Gasteiger partial charge in [0.1, 0.15) is 0 Å². The van der Waals surface area contributed by atoms with Crippen molar-refractivity contribution in [2.75, 3.05) is 0 Å². The molecule has 0 aromatic rings. The molecule has 0 saturated carbocycles. The van der Waals surface area contributed by atoms with Gasteiger partial charge in [-0.05, 0) is 31.8 Å². The summed E-state index contributed by atoms with van der Waals surface area (Å²) in [6.07, 6.45) is 18.5. The predicted molar refractivity (Wildman–Crippen MR) is 44.6 cm³/mol. The third-order valence-electron chi connectivity index (χ3n) is 1.46. The molecule has 0 nitrogen and oxygen atoms in total. The van der Waals surface area contributed by atoms with Crippen molar-refractivity contribution < 1.29 is 0 Å². The molecule has 0 heteroatoms. The molecule has 53 valence electrons. The zero-order valence-electron chi connectivity index (χ0n) is 6.22. The van der Waals surface area contributed by atoms with Gasteiger partial charge in [-0.15, -0.1) is 0 Å². The highest BCUT2D eigenvalue weighted by Crippen LogP contribution is 1.99. The van der Waals surface area contributed by atoms with Gasteiger partial charge >= 0.3 is 0 Å². The maximum atomic E-state index is 3.21. The minimum Gasteiger partial charge on any atom is -0.0879 e. The Kier molecular flexibility index (Phi) is 3.69. The van der Waals surface area contributed by atoms with E-state index in [1.165, 1.54) is 6.42 Å². The summed E-state index contributed by atoms with van der Waals surface area (Å²) >= 11 is 0. The zero-order valence-corrected chi connectivity index (χ0v) is 6.22. The van der Waals surface area contributed by atoms with Gasteiger partial charge < -0.3 is 0 Å². The van der Waals surface area contributed by atoms with Crippen molar-refractivity contribution in [3.05, 3.63) is 36.5 Å². The highest BCUT2D eigenvalue weighted by molar-refractivity contribution is 4.97. The summed E-state index contributed by atoms with van der Waals surface area (Å²) in [5.41, 5.74) is 0. The summed E-state index contributed by atoms with van der Waals surface area (Å²) in [5, 5.41) is 0. The van der Waals surface area contributed by atoms with Crippen LogP contribution in [0.3, 0.4) is 0 Å². The van der Waals surface area contributed by atoms with Crippen LogP contribution in [-0.2, 0) is 0 Å². The highest BCUT2D eigenvalue weighted by Gasteiger charge is 1.79. The van der Waals surface area contributed by atoms with E-state index in [4.69, 9.17) is 0 Å². The van der Waals surface area contributed by atoms with Crippen LogP contribution >= 0.6 is 0 Å². The van der Waals surface area contributed by atoms with Gasteiger partial charge in [0.2, 0.25) is 0 Å². The number of hydrogen-bond donors (Lipinski definition) is 0. The monoisotopic (exact) mass is 133 g/mol. The second-order valence-corrected chi connectivity index (χ2v) is 2.37. The van der Waals surface area contributed by atoms with Crippen molar-refractivity contribution in [3.8, 4) is 0 Å². The molecule has 0 heterocycles. The van der Waals surface area contributed by atoms with Gasteiger partial charge in [0.25, 0.3) is 0 Å². The third kappa shape index (κ3) is 3.29. The van der Waals surface area contributed by atoms with Crippen molar-refractivity contribution in [2.45, 2.75) is 25.7 Å². The van der Waals surface area contributed by atoms with E-state index in [1.54, 1.807) is 0 Å². The minimum absolute atomic E-state index is 0.980. The maximum absolute atomic E-state index is 3.21. The van der Waals surface area contributed by atoms with E-state index in [-0.39, 0.29) is 0 Å². The fourth-order valence-electron chi connectivity index (χ4n) is 0.905. The van der Waals surface area contributed by atoms with E-state index in [0.29, 0.717) is 0 Å². The van der Waals surface area contributed by atoms with Crippen molar-refractivity contribution in [1.29, 1.82) is 0 Å². The van der Waals surface area contributed by atoms with Crippen LogP contribution < -0.4 is 0 Å². The van der Waals surface area contributed by atoms with E-state index in [9.17, 15) is 0 Å². The number of hydrogen-bond acceptors (Lipinski definition) is 0.